The predicted molar refractivity (Wildman–Crippen MR) is 99.3 cm³/mol. The van der Waals surface area contributed by atoms with Gasteiger partial charge in [0.25, 0.3) is 0 Å². The molecule has 3 aromatic rings. The van der Waals surface area contributed by atoms with Crippen molar-refractivity contribution in [1.82, 2.24) is 0 Å². The zero-order valence-electron chi connectivity index (χ0n) is 14.3. The summed E-state index contributed by atoms with van der Waals surface area (Å²) in [6.07, 6.45) is 0.768. The Morgan fingerprint density at radius 3 is 2.46 bits per heavy atom. The van der Waals surface area contributed by atoms with Crippen LogP contribution in [0.15, 0.2) is 66.7 Å². The first-order valence-corrected chi connectivity index (χ1v) is 8.09. The third-order valence-corrected chi connectivity index (χ3v) is 4.03. The van der Waals surface area contributed by atoms with Gasteiger partial charge in [0.05, 0.1) is 18.7 Å². The molecule has 0 aliphatic carbocycles. The molecule has 0 unspecified atom stereocenters. The fraction of sp³-hybridized carbons (Fsp3) is 0.0909. The molecule has 4 nitrogen and oxygen atoms in total. The van der Waals surface area contributed by atoms with E-state index in [0.717, 1.165) is 23.0 Å². The number of carbonyl (C=O) groups is 1. The predicted octanol–water partition coefficient (Wildman–Crippen LogP) is 4.63. The number of ether oxygens (including phenoxy) is 2. The lowest BCUT2D eigenvalue weighted by Crippen LogP contribution is -1.98. The molecule has 3 aromatic carbocycles. The van der Waals surface area contributed by atoms with Crippen LogP contribution >= 0.6 is 0 Å². The first-order chi connectivity index (χ1) is 12.7. The van der Waals surface area contributed by atoms with Crippen LogP contribution in [0.25, 0.3) is 11.1 Å². The lowest BCUT2D eigenvalue weighted by molar-refractivity contribution is 0.112. The minimum Gasteiger partial charge on any atom is -0.493 e. The van der Waals surface area contributed by atoms with Crippen LogP contribution in [0.3, 0.4) is 0 Å². The molecule has 0 aliphatic heterocycles. The van der Waals surface area contributed by atoms with Crippen molar-refractivity contribution in [2.24, 2.45) is 0 Å². The van der Waals surface area contributed by atoms with Gasteiger partial charge in [-0.3, -0.25) is 4.79 Å². The van der Waals surface area contributed by atoms with E-state index < -0.39 is 0 Å². The first-order valence-electron chi connectivity index (χ1n) is 8.09. The summed E-state index contributed by atoms with van der Waals surface area (Å²) >= 11 is 0. The molecule has 0 fully saturated rings. The maximum absolute atomic E-state index is 10.8. The number of benzene rings is 3. The molecule has 0 N–H and O–H groups in total. The van der Waals surface area contributed by atoms with Crippen molar-refractivity contribution in [3.05, 3.63) is 83.4 Å². The number of nitriles is 1. The second kappa shape index (κ2) is 8.00. The number of hydrogen-bond donors (Lipinski definition) is 0. The van der Waals surface area contributed by atoms with Crippen LogP contribution in [-0.2, 0) is 6.61 Å². The van der Waals surface area contributed by atoms with Crippen LogP contribution in [0.2, 0.25) is 0 Å². The van der Waals surface area contributed by atoms with Crippen LogP contribution in [-0.4, -0.2) is 13.4 Å². The minimum atomic E-state index is 0.372. The SMILES string of the molecule is COc1cc(C=O)ccc1OCc1ccc(-c2ccccc2C#N)cc1. The molecule has 4 heteroatoms. The molecule has 0 radical (unpaired) electrons. The van der Waals surface area contributed by atoms with Crippen LogP contribution in [0.1, 0.15) is 21.5 Å². The van der Waals surface area contributed by atoms with E-state index in [1.54, 1.807) is 18.2 Å². The van der Waals surface area contributed by atoms with Gasteiger partial charge in [-0.25, -0.2) is 0 Å². The zero-order valence-corrected chi connectivity index (χ0v) is 14.3. The number of carbonyl (C=O) groups excluding carboxylic acids is 1. The van der Waals surface area contributed by atoms with Gasteiger partial charge in [-0.15, -0.1) is 0 Å². The molecule has 0 aliphatic rings. The standard InChI is InChI=1S/C22H17NO3/c1-25-22-12-17(14-24)8-11-21(22)26-15-16-6-9-18(10-7-16)20-5-3-2-4-19(20)13-23/h2-12,14H,15H2,1H3. The highest BCUT2D eigenvalue weighted by Crippen LogP contribution is 2.29. The van der Waals surface area contributed by atoms with E-state index in [1.165, 1.54) is 7.11 Å². The van der Waals surface area contributed by atoms with Gasteiger partial charge >= 0.3 is 0 Å². The summed E-state index contributed by atoms with van der Waals surface area (Å²) in [4.78, 5) is 10.8. The van der Waals surface area contributed by atoms with Crippen LogP contribution in [0.5, 0.6) is 11.5 Å². The summed E-state index contributed by atoms with van der Waals surface area (Å²) in [6, 6.07) is 22.7. The average molecular weight is 343 g/mol. The van der Waals surface area contributed by atoms with Gasteiger partial charge < -0.3 is 9.47 Å². The summed E-state index contributed by atoms with van der Waals surface area (Å²) in [7, 11) is 1.54. The Balaban J connectivity index is 1.74. The van der Waals surface area contributed by atoms with Crippen LogP contribution in [0.4, 0.5) is 0 Å². The van der Waals surface area contributed by atoms with E-state index in [4.69, 9.17) is 9.47 Å². The van der Waals surface area contributed by atoms with Gasteiger partial charge in [0.15, 0.2) is 11.5 Å². The van der Waals surface area contributed by atoms with Crippen LogP contribution in [0, 0.1) is 11.3 Å². The van der Waals surface area contributed by atoms with Crippen LogP contribution < -0.4 is 9.47 Å². The smallest absolute Gasteiger partial charge is 0.161 e. The first kappa shape index (κ1) is 17.2. The monoisotopic (exact) mass is 343 g/mol. The largest absolute Gasteiger partial charge is 0.493 e. The Bertz CT molecular complexity index is 956. The highest BCUT2D eigenvalue weighted by Gasteiger charge is 2.07. The summed E-state index contributed by atoms with van der Waals surface area (Å²) in [5.41, 5.74) is 4.07. The Morgan fingerprint density at radius 1 is 1.00 bits per heavy atom. The van der Waals surface area contributed by atoms with Gasteiger partial charge in [-0.1, -0.05) is 42.5 Å². The highest BCUT2D eigenvalue weighted by atomic mass is 16.5. The van der Waals surface area contributed by atoms with E-state index in [9.17, 15) is 10.1 Å². The Morgan fingerprint density at radius 2 is 1.77 bits per heavy atom. The minimum absolute atomic E-state index is 0.372. The summed E-state index contributed by atoms with van der Waals surface area (Å²) in [5, 5.41) is 9.23. The second-order valence-corrected chi connectivity index (χ2v) is 5.67. The number of rotatable bonds is 6. The third-order valence-electron chi connectivity index (χ3n) is 4.03. The van der Waals surface area contributed by atoms with E-state index in [2.05, 4.69) is 6.07 Å². The number of nitrogens with zero attached hydrogens (tertiary/aromatic N) is 1. The molecule has 3 rings (SSSR count). The van der Waals surface area contributed by atoms with E-state index in [-0.39, 0.29) is 0 Å². The molecular formula is C22H17NO3. The Labute approximate surface area is 152 Å². The quantitative estimate of drug-likeness (QED) is 0.613. The fourth-order valence-electron chi connectivity index (χ4n) is 2.65. The van der Waals surface area contributed by atoms with Crippen molar-refractivity contribution in [2.75, 3.05) is 7.11 Å². The maximum Gasteiger partial charge on any atom is 0.161 e. The fourth-order valence-corrected chi connectivity index (χ4v) is 2.65. The molecular weight excluding hydrogens is 326 g/mol. The normalized spacial score (nSPS) is 10.0. The molecule has 128 valence electrons. The topological polar surface area (TPSA) is 59.3 Å². The Kier molecular flexibility index (Phi) is 5.31. The van der Waals surface area contributed by atoms with Crippen molar-refractivity contribution in [2.45, 2.75) is 6.61 Å². The van der Waals surface area contributed by atoms with Gasteiger partial charge in [0, 0.05) is 5.56 Å². The number of methoxy groups -OCH3 is 1. The molecule has 0 atom stereocenters. The number of hydrogen-bond acceptors (Lipinski definition) is 4. The van der Waals surface area contributed by atoms with Crippen molar-refractivity contribution < 1.29 is 14.3 Å². The molecule has 0 bridgehead atoms. The zero-order chi connectivity index (χ0) is 18.4. The second-order valence-electron chi connectivity index (χ2n) is 5.67. The summed E-state index contributed by atoms with van der Waals surface area (Å²) in [6.45, 7) is 0.372. The Hall–Kier alpha value is -3.58. The van der Waals surface area contributed by atoms with Crippen molar-refractivity contribution >= 4 is 6.29 Å². The van der Waals surface area contributed by atoms with Gasteiger partial charge in [0.1, 0.15) is 12.9 Å². The van der Waals surface area contributed by atoms with Gasteiger partial charge in [-0.2, -0.15) is 5.26 Å². The lowest BCUT2D eigenvalue weighted by Gasteiger charge is -2.11. The molecule has 26 heavy (non-hydrogen) atoms. The van der Waals surface area contributed by atoms with E-state index in [0.29, 0.717) is 29.2 Å². The number of aldehydes is 1. The summed E-state index contributed by atoms with van der Waals surface area (Å²) < 4.78 is 11.1. The van der Waals surface area contributed by atoms with E-state index >= 15 is 0 Å². The summed E-state index contributed by atoms with van der Waals surface area (Å²) in [5.74, 6) is 1.10. The highest BCUT2D eigenvalue weighted by molar-refractivity contribution is 5.76. The molecule has 0 heterocycles. The molecule has 0 saturated carbocycles. The lowest BCUT2D eigenvalue weighted by atomic mass is 9.99. The molecule has 0 spiro atoms. The molecule has 0 aromatic heterocycles. The maximum atomic E-state index is 10.8. The third kappa shape index (κ3) is 3.73. The van der Waals surface area contributed by atoms with Gasteiger partial charge in [-0.05, 0) is 41.0 Å². The molecule has 0 amide bonds. The van der Waals surface area contributed by atoms with Crippen molar-refractivity contribution in [1.29, 1.82) is 5.26 Å². The van der Waals surface area contributed by atoms with Crippen molar-refractivity contribution in [3.8, 4) is 28.7 Å². The van der Waals surface area contributed by atoms with Gasteiger partial charge in [0.2, 0.25) is 0 Å². The van der Waals surface area contributed by atoms with Crippen molar-refractivity contribution in [3.63, 3.8) is 0 Å². The average Bonchev–Trinajstić information content (AvgIpc) is 2.72. The molecule has 0 saturated heterocycles. The van der Waals surface area contributed by atoms with E-state index in [1.807, 2.05) is 48.5 Å².